The molecule has 0 bridgehead atoms. The van der Waals surface area contributed by atoms with E-state index in [-0.39, 0.29) is 23.5 Å². The number of rotatable bonds is 3. The van der Waals surface area contributed by atoms with E-state index >= 15 is 0 Å². The van der Waals surface area contributed by atoms with E-state index in [9.17, 15) is 23.3 Å². The summed E-state index contributed by atoms with van der Waals surface area (Å²) in [6.45, 7) is 0.129. The fourth-order valence-electron chi connectivity index (χ4n) is 3.57. The lowest BCUT2D eigenvalue weighted by Crippen LogP contribution is -2.30. The Bertz CT molecular complexity index is 1110. The molecule has 2 aromatic carbocycles. The van der Waals surface area contributed by atoms with Crippen molar-refractivity contribution in [1.29, 1.82) is 0 Å². The van der Waals surface area contributed by atoms with Gasteiger partial charge in [-0.15, -0.1) is 0 Å². The van der Waals surface area contributed by atoms with Gasteiger partial charge in [0.05, 0.1) is 15.6 Å². The molecule has 0 aliphatic heterocycles. The smallest absolute Gasteiger partial charge is 0.416 e. The Morgan fingerprint density at radius 3 is 2.46 bits per heavy atom. The van der Waals surface area contributed by atoms with Crippen molar-refractivity contribution in [2.45, 2.75) is 32.0 Å². The number of aromatic nitrogens is 3. The summed E-state index contributed by atoms with van der Waals surface area (Å²) in [5.41, 5.74) is 2.38. The van der Waals surface area contributed by atoms with E-state index in [0.29, 0.717) is 14.8 Å². The van der Waals surface area contributed by atoms with Gasteiger partial charge in [-0.3, -0.25) is 0 Å². The third-order valence-corrected chi connectivity index (χ3v) is 5.02. The molecular weight excluding hydrogens is 373 g/mol. The van der Waals surface area contributed by atoms with Gasteiger partial charge >= 0.3 is 11.7 Å². The molecule has 0 amide bonds. The standard InChI is InChI=1S/C19H17F3N4O2/c1-24(11-12-5-7-15(8-6-12)19(20,21)22)18-23-26(28)17-10-14-4-2-3-13(14)9-16(17)25(18)27/h5-10H,2-4,11H2,1H3. The number of halogens is 3. The van der Waals surface area contributed by atoms with Gasteiger partial charge in [0.25, 0.3) is 5.95 Å². The highest BCUT2D eigenvalue weighted by atomic mass is 19.4. The molecule has 146 valence electrons. The minimum atomic E-state index is -4.41. The molecule has 0 unspecified atom stereocenters. The van der Waals surface area contributed by atoms with Crippen LogP contribution in [0.4, 0.5) is 19.1 Å². The molecule has 6 nitrogen and oxygen atoms in total. The van der Waals surface area contributed by atoms with E-state index in [4.69, 9.17) is 0 Å². The number of nitrogens with zero attached hydrogens (tertiary/aromatic N) is 4. The van der Waals surface area contributed by atoms with Crippen LogP contribution >= 0.6 is 0 Å². The van der Waals surface area contributed by atoms with Crippen LogP contribution in [-0.4, -0.2) is 16.9 Å². The molecule has 0 N–H and O–H groups in total. The first-order valence-electron chi connectivity index (χ1n) is 8.80. The van der Waals surface area contributed by atoms with E-state index in [2.05, 4.69) is 5.10 Å². The lowest BCUT2D eigenvalue weighted by Gasteiger charge is -2.23. The van der Waals surface area contributed by atoms with Crippen LogP contribution < -0.4 is 9.44 Å². The maximum atomic E-state index is 12.8. The summed E-state index contributed by atoms with van der Waals surface area (Å²) in [4.78, 5) is 13.8. The molecule has 0 spiro atoms. The van der Waals surface area contributed by atoms with E-state index in [1.165, 1.54) is 17.0 Å². The molecule has 1 aliphatic carbocycles. The van der Waals surface area contributed by atoms with Gasteiger partial charge in [-0.05, 0) is 54.2 Å². The average molecular weight is 390 g/mol. The summed E-state index contributed by atoms with van der Waals surface area (Å²) in [6, 6.07) is 8.10. The zero-order valence-electron chi connectivity index (χ0n) is 15.0. The van der Waals surface area contributed by atoms with E-state index in [1.807, 2.05) is 0 Å². The Kier molecular flexibility index (Phi) is 4.24. The fourth-order valence-corrected chi connectivity index (χ4v) is 3.57. The molecule has 1 aromatic heterocycles. The van der Waals surface area contributed by atoms with Crippen LogP contribution in [0.3, 0.4) is 0 Å². The van der Waals surface area contributed by atoms with Crippen molar-refractivity contribution in [3.63, 3.8) is 0 Å². The molecule has 0 atom stereocenters. The minimum absolute atomic E-state index is 0.111. The van der Waals surface area contributed by atoms with E-state index in [1.54, 1.807) is 19.2 Å². The van der Waals surface area contributed by atoms with Gasteiger partial charge in [0.1, 0.15) is 5.52 Å². The lowest BCUT2D eigenvalue weighted by atomic mass is 10.1. The molecule has 0 saturated carbocycles. The van der Waals surface area contributed by atoms with Crippen molar-refractivity contribution in [3.8, 4) is 0 Å². The first-order chi connectivity index (χ1) is 13.2. The predicted molar refractivity (Wildman–Crippen MR) is 97.4 cm³/mol. The predicted octanol–water partition coefficient (Wildman–Crippen LogP) is 3.44. The molecule has 1 heterocycles. The summed E-state index contributed by atoms with van der Waals surface area (Å²) < 4.78 is 39.1. The number of fused-ring (bicyclic) bond motifs is 2. The SMILES string of the molecule is CN(Cc1ccc(C(F)(F)F)cc1)c1n[n+](=O)c2cc3c(cc2n1[O-])CCC3. The van der Waals surface area contributed by atoms with Gasteiger partial charge in [0, 0.05) is 19.7 Å². The molecule has 3 aromatic rings. The van der Waals surface area contributed by atoms with Crippen molar-refractivity contribution < 1.29 is 17.7 Å². The monoisotopic (exact) mass is 390 g/mol. The van der Waals surface area contributed by atoms with Gasteiger partial charge in [-0.25, -0.2) is 0 Å². The van der Waals surface area contributed by atoms with Crippen molar-refractivity contribution >= 4 is 17.0 Å². The Labute approximate surface area is 158 Å². The second kappa shape index (κ2) is 6.50. The van der Waals surface area contributed by atoms with Crippen LogP contribution in [0.25, 0.3) is 11.0 Å². The largest absolute Gasteiger partial charge is 0.803 e. The highest BCUT2D eigenvalue weighted by molar-refractivity contribution is 5.76. The zero-order valence-corrected chi connectivity index (χ0v) is 15.0. The summed E-state index contributed by atoms with van der Waals surface area (Å²) >= 11 is 0. The van der Waals surface area contributed by atoms with Gasteiger partial charge in [-0.2, -0.15) is 13.2 Å². The van der Waals surface area contributed by atoms with Crippen LogP contribution in [0.15, 0.2) is 36.4 Å². The van der Waals surface area contributed by atoms with E-state index in [0.717, 1.165) is 42.5 Å². The van der Waals surface area contributed by atoms with Gasteiger partial charge in [-0.1, -0.05) is 12.1 Å². The quantitative estimate of drug-likeness (QED) is 0.643. The number of hydrogen-bond donors (Lipinski definition) is 0. The second-order valence-corrected chi connectivity index (χ2v) is 6.98. The zero-order chi connectivity index (χ0) is 20.1. The lowest BCUT2D eigenvalue weighted by molar-refractivity contribution is -0.535. The Morgan fingerprint density at radius 1 is 1.18 bits per heavy atom. The van der Waals surface area contributed by atoms with Crippen molar-refractivity contribution in [2.75, 3.05) is 11.9 Å². The van der Waals surface area contributed by atoms with Gasteiger partial charge in [0.2, 0.25) is 0 Å². The maximum absolute atomic E-state index is 12.8. The van der Waals surface area contributed by atoms with Crippen LogP contribution in [0, 0.1) is 10.1 Å². The number of hydrogen-bond acceptors (Lipinski definition) is 4. The molecule has 9 heteroatoms. The topological polar surface area (TPSA) is 67.1 Å². The maximum Gasteiger partial charge on any atom is 0.416 e. The highest BCUT2D eigenvalue weighted by Crippen LogP contribution is 2.30. The number of anilines is 1. The van der Waals surface area contributed by atoms with Crippen molar-refractivity contribution in [2.24, 2.45) is 0 Å². The summed E-state index contributed by atoms with van der Waals surface area (Å²) in [7, 11) is 1.56. The Balaban J connectivity index is 1.68. The highest BCUT2D eigenvalue weighted by Gasteiger charge is 2.30. The first-order valence-corrected chi connectivity index (χ1v) is 8.80. The molecular formula is C19H17F3N4O2. The van der Waals surface area contributed by atoms with Crippen LogP contribution in [0.2, 0.25) is 0 Å². The fraction of sp³-hybridized carbons (Fsp3) is 0.316. The first kappa shape index (κ1) is 18.3. The molecule has 0 radical (unpaired) electrons. The number of aryl methyl sites for hydroxylation is 2. The van der Waals surface area contributed by atoms with Gasteiger partial charge < -0.3 is 14.8 Å². The summed E-state index contributed by atoms with van der Waals surface area (Å²) in [5.74, 6) is -0.111. The summed E-state index contributed by atoms with van der Waals surface area (Å²) in [6.07, 6.45) is -1.68. The van der Waals surface area contributed by atoms with Crippen LogP contribution in [-0.2, 0) is 25.6 Å². The molecule has 0 saturated heterocycles. The molecule has 4 rings (SSSR count). The van der Waals surface area contributed by atoms with Crippen molar-refractivity contribution in [1.82, 2.24) is 9.83 Å². The minimum Gasteiger partial charge on any atom is -0.803 e. The second-order valence-electron chi connectivity index (χ2n) is 6.98. The Morgan fingerprint density at radius 2 is 1.82 bits per heavy atom. The normalized spacial score (nSPS) is 13.7. The molecule has 0 fully saturated rings. The van der Waals surface area contributed by atoms with Crippen molar-refractivity contribution in [3.05, 3.63) is 68.8 Å². The van der Waals surface area contributed by atoms with Crippen LogP contribution in [0.5, 0.6) is 0 Å². The van der Waals surface area contributed by atoms with Crippen LogP contribution in [0.1, 0.15) is 28.7 Å². The third-order valence-electron chi connectivity index (χ3n) is 5.02. The third kappa shape index (κ3) is 3.17. The van der Waals surface area contributed by atoms with Gasteiger partial charge in [0.15, 0.2) is 4.54 Å². The molecule has 1 aliphatic rings. The number of benzene rings is 2. The number of alkyl halides is 3. The average Bonchev–Trinajstić information content (AvgIpc) is 3.10. The summed E-state index contributed by atoms with van der Waals surface area (Å²) in [5, 5.41) is 16.6. The Hall–Kier alpha value is -3.10. The molecule has 28 heavy (non-hydrogen) atoms. The van der Waals surface area contributed by atoms with E-state index < -0.39 is 11.7 Å².